The van der Waals surface area contributed by atoms with Crippen LogP contribution < -0.4 is 0 Å². The number of hydrogen-bond donors (Lipinski definition) is 0. The summed E-state index contributed by atoms with van der Waals surface area (Å²) < 4.78 is 11.2. The predicted molar refractivity (Wildman–Crippen MR) is 237 cm³/mol. The third kappa shape index (κ3) is 37.7. The Morgan fingerprint density at radius 1 is 0.455 bits per heavy atom. The van der Waals surface area contributed by atoms with Crippen molar-refractivity contribution in [3.8, 4) is 0 Å². The van der Waals surface area contributed by atoms with Gasteiger partial charge in [0.25, 0.3) is 0 Å². The summed E-state index contributed by atoms with van der Waals surface area (Å²) in [4.78, 5) is 29.7. The lowest BCUT2D eigenvalue weighted by Crippen LogP contribution is -2.31. The smallest absolute Gasteiger partial charge is 0.305 e. The van der Waals surface area contributed by atoms with Crippen LogP contribution >= 0.6 is 0 Å². The zero-order valence-corrected chi connectivity index (χ0v) is 36.8. The lowest BCUT2D eigenvalue weighted by molar-refractivity contribution is -0.144. The van der Waals surface area contributed by atoms with Gasteiger partial charge in [0.15, 0.2) is 0 Å². The quantitative estimate of drug-likeness (QED) is 0.0350. The molecule has 0 atom stereocenters. The fraction of sp³-hybridized carbons (Fsp3) is 0.878. The van der Waals surface area contributed by atoms with Gasteiger partial charge in [-0.15, -0.1) is 0 Å². The molecule has 1 fully saturated rings. The van der Waals surface area contributed by atoms with Crippen LogP contribution in [-0.2, 0) is 19.1 Å². The van der Waals surface area contributed by atoms with E-state index in [0.717, 1.165) is 71.1 Å². The summed E-state index contributed by atoms with van der Waals surface area (Å²) in [7, 11) is 0. The molecular formula is C49H92N2O4. The molecule has 0 radical (unpaired) electrons. The van der Waals surface area contributed by atoms with Gasteiger partial charge in [-0.05, 0) is 122 Å². The first-order valence-electron chi connectivity index (χ1n) is 24.2. The molecule has 1 heterocycles. The molecule has 1 rings (SSSR count). The third-order valence-electron chi connectivity index (χ3n) is 11.2. The van der Waals surface area contributed by atoms with Crippen molar-refractivity contribution in [1.82, 2.24) is 9.80 Å². The molecule has 0 aromatic rings. The van der Waals surface area contributed by atoms with Gasteiger partial charge in [0.2, 0.25) is 0 Å². The van der Waals surface area contributed by atoms with E-state index in [1.54, 1.807) is 0 Å². The predicted octanol–water partition coefficient (Wildman–Crippen LogP) is 13.7. The molecule has 0 N–H and O–H groups in total. The zero-order chi connectivity index (χ0) is 39.5. The number of allylic oxidation sites excluding steroid dienone is 4. The summed E-state index contributed by atoms with van der Waals surface area (Å²) in [5.41, 5.74) is 0. The van der Waals surface area contributed by atoms with E-state index < -0.39 is 0 Å². The van der Waals surface area contributed by atoms with Crippen molar-refractivity contribution in [1.29, 1.82) is 0 Å². The van der Waals surface area contributed by atoms with E-state index in [2.05, 4.69) is 48.0 Å². The van der Waals surface area contributed by atoms with Crippen LogP contribution in [0.2, 0.25) is 0 Å². The third-order valence-corrected chi connectivity index (χ3v) is 11.2. The van der Waals surface area contributed by atoms with Crippen molar-refractivity contribution in [3.05, 3.63) is 24.3 Å². The number of nitrogens with zero attached hydrogens (tertiary/aromatic N) is 2. The molecule has 0 bridgehead atoms. The summed E-state index contributed by atoms with van der Waals surface area (Å²) in [5, 5.41) is 0. The van der Waals surface area contributed by atoms with Crippen molar-refractivity contribution in [2.75, 3.05) is 52.5 Å². The minimum absolute atomic E-state index is 0.0450. The molecule has 6 nitrogen and oxygen atoms in total. The van der Waals surface area contributed by atoms with Crippen molar-refractivity contribution in [2.24, 2.45) is 0 Å². The SMILES string of the molecule is CCCCCCCC/C=C/CCCCCCCC(=O)OCCCN(CCCOC(=O)CCCCCCC/C=C/CCCCCCCC)CCCN1CCCC1. The Morgan fingerprint density at radius 2 is 0.800 bits per heavy atom. The maximum atomic E-state index is 12.3. The highest BCUT2D eigenvalue weighted by molar-refractivity contribution is 5.69. The van der Waals surface area contributed by atoms with Gasteiger partial charge in [-0.3, -0.25) is 9.59 Å². The molecular weight excluding hydrogens is 681 g/mol. The van der Waals surface area contributed by atoms with Gasteiger partial charge >= 0.3 is 11.9 Å². The number of carbonyl (C=O) groups is 2. The Morgan fingerprint density at radius 3 is 1.20 bits per heavy atom. The molecule has 322 valence electrons. The first-order chi connectivity index (χ1) is 27.2. The standard InChI is InChI=1S/C49H92N2O4/c1-3-5-7-9-11-13-15-17-19-21-23-25-27-29-31-38-48(52)54-46-36-44-51(43-35-42-50-40-33-34-41-50)45-37-47-55-49(53)39-32-30-28-26-24-22-20-18-16-14-12-10-8-6-4-2/h17-20H,3-16,21-47H2,1-2H3/b19-17+,20-18+. The molecule has 1 aliphatic heterocycles. The second-order valence-electron chi connectivity index (χ2n) is 16.6. The molecule has 0 saturated carbocycles. The lowest BCUT2D eigenvalue weighted by Gasteiger charge is -2.24. The monoisotopic (exact) mass is 773 g/mol. The van der Waals surface area contributed by atoms with Gasteiger partial charge < -0.3 is 19.3 Å². The highest BCUT2D eigenvalue weighted by Gasteiger charge is 2.13. The summed E-state index contributed by atoms with van der Waals surface area (Å²) in [6.07, 6.45) is 48.9. The van der Waals surface area contributed by atoms with Crippen molar-refractivity contribution in [2.45, 2.75) is 226 Å². The molecule has 1 aliphatic rings. The van der Waals surface area contributed by atoms with E-state index in [0.29, 0.717) is 26.1 Å². The molecule has 0 aromatic carbocycles. The Balaban J connectivity index is 2.06. The minimum atomic E-state index is -0.0450. The fourth-order valence-corrected chi connectivity index (χ4v) is 7.63. The first kappa shape index (κ1) is 51.4. The average Bonchev–Trinajstić information content (AvgIpc) is 3.71. The Kier molecular flexibility index (Phi) is 39.2. The highest BCUT2D eigenvalue weighted by atomic mass is 16.5. The number of carbonyl (C=O) groups excluding carboxylic acids is 2. The molecule has 6 heteroatoms. The number of unbranched alkanes of at least 4 members (excludes halogenated alkanes) is 22. The highest BCUT2D eigenvalue weighted by Crippen LogP contribution is 2.13. The van der Waals surface area contributed by atoms with Gasteiger partial charge in [-0.25, -0.2) is 0 Å². The molecule has 55 heavy (non-hydrogen) atoms. The van der Waals surface area contributed by atoms with E-state index in [1.165, 1.54) is 167 Å². The molecule has 0 aromatic heterocycles. The lowest BCUT2D eigenvalue weighted by atomic mass is 10.1. The fourth-order valence-electron chi connectivity index (χ4n) is 7.63. The molecule has 0 unspecified atom stereocenters. The molecule has 0 spiro atoms. The van der Waals surface area contributed by atoms with E-state index in [4.69, 9.17) is 9.47 Å². The number of likely N-dealkylation sites (tertiary alicyclic amines) is 1. The Bertz CT molecular complexity index is 824. The summed E-state index contributed by atoms with van der Waals surface area (Å²) >= 11 is 0. The van der Waals surface area contributed by atoms with E-state index in [-0.39, 0.29) is 11.9 Å². The van der Waals surface area contributed by atoms with Crippen LogP contribution in [0, 0.1) is 0 Å². The Labute approximate surface area is 342 Å². The van der Waals surface area contributed by atoms with Crippen LogP contribution in [0.4, 0.5) is 0 Å². The van der Waals surface area contributed by atoms with Crippen LogP contribution in [0.3, 0.4) is 0 Å². The van der Waals surface area contributed by atoms with Crippen LogP contribution in [-0.4, -0.2) is 74.2 Å². The van der Waals surface area contributed by atoms with Crippen molar-refractivity contribution >= 4 is 11.9 Å². The topological polar surface area (TPSA) is 59.1 Å². The van der Waals surface area contributed by atoms with Crippen molar-refractivity contribution < 1.29 is 19.1 Å². The Hall–Kier alpha value is -1.66. The molecule has 0 amide bonds. The maximum absolute atomic E-state index is 12.3. The van der Waals surface area contributed by atoms with Crippen LogP contribution in [0.1, 0.15) is 226 Å². The summed E-state index contributed by atoms with van der Waals surface area (Å²) in [6, 6.07) is 0. The number of ether oxygens (including phenoxy) is 2. The van der Waals surface area contributed by atoms with Gasteiger partial charge in [0.05, 0.1) is 13.2 Å². The van der Waals surface area contributed by atoms with E-state index >= 15 is 0 Å². The normalized spacial score (nSPS) is 13.6. The first-order valence-corrected chi connectivity index (χ1v) is 24.2. The van der Waals surface area contributed by atoms with Crippen LogP contribution in [0.15, 0.2) is 24.3 Å². The maximum Gasteiger partial charge on any atom is 0.305 e. The van der Waals surface area contributed by atoms with Crippen molar-refractivity contribution in [3.63, 3.8) is 0 Å². The minimum Gasteiger partial charge on any atom is -0.466 e. The largest absolute Gasteiger partial charge is 0.466 e. The molecule has 0 aliphatic carbocycles. The average molecular weight is 773 g/mol. The number of esters is 2. The molecule has 1 saturated heterocycles. The number of rotatable bonds is 42. The number of hydrogen-bond acceptors (Lipinski definition) is 6. The summed E-state index contributed by atoms with van der Waals surface area (Å²) in [6.45, 7) is 12.1. The summed E-state index contributed by atoms with van der Waals surface area (Å²) in [5.74, 6) is -0.0901. The van der Waals surface area contributed by atoms with Crippen LogP contribution in [0.5, 0.6) is 0 Å². The van der Waals surface area contributed by atoms with Gasteiger partial charge in [0.1, 0.15) is 0 Å². The zero-order valence-electron chi connectivity index (χ0n) is 36.8. The second kappa shape index (κ2) is 42.0. The van der Waals surface area contributed by atoms with Crippen LogP contribution in [0.25, 0.3) is 0 Å². The van der Waals surface area contributed by atoms with Gasteiger partial charge in [0, 0.05) is 25.9 Å². The second-order valence-corrected chi connectivity index (χ2v) is 16.6. The van der Waals surface area contributed by atoms with Gasteiger partial charge in [-0.2, -0.15) is 0 Å². The van der Waals surface area contributed by atoms with Gasteiger partial charge in [-0.1, -0.05) is 141 Å². The van der Waals surface area contributed by atoms with E-state index in [1.807, 2.05) is 0 Å². The van der Waals surface area contributed by atoms with E-state index in [9.17, 15) is 9.59 Å².